The van der Waals surface area contributed by atoms with Crippen LogP contribution in [0.3, 0.4) is 0 Å². The second-order valence-corrected chi connectivity index (χ2v) is 9.24. The molecule has 0 saturated carbocycles. The Morgan fingerprint density at radius 2 is 1.71 bits per heavy atom. The minimum Gasteiger partial charge on any atom is -0.369 e. The standard InChI is InChI=1S/C27H27ClFN5O/c1-32-25-11-8-22(30-27(35)19-2-4-20(28)5-3-19)18-24(25)31-26(32)12-13-33-14-16-34(17-15-33)23-9-6-21(29)7-10-23/h2-11,18H,12-17H2,1H3,(H,30,35). The molecule has 5 rings (SSSR count). The number of hydrogen-bond donors (Lipinski definition) is 1. The van der Waals surface area contributed by atoms with Crippen LogP contribution >= 0.6 is 11.6 Å². The van der Waals surface area contributed by atoms with Gasteiger partial charge in [0.15, 0.2) is 0 Å². The molecule has 1 aliphatic heterocycles. The maximum absolute atomic E-state index is 13.2. The van der Waals surface area contributed by atoms with Crippen molar-refractivity contribution in [3.8, 4) is 0 Å². The Labute approximate surface area is 208 Å². The Kier molecular flexibility index (Phi) is 6.70. The van der Waals surface area contributed by atoms with Crippen molar-refractivity contribution in [2.45, 2.75) is 6.42 Å². The molecule has 1 saturated heterocycles. The average Bonchev–Trinajstić information content (AvgIpc) is 3.18. The molecular formula is C27H27ClFN5O. The Bertz CT molecular complexity index is 1330. The third-order valence-electron chi connectivity index (χ3n) is 6.55. The molecule has 2 heterocycles. The van der Waals surface area contributed by atoms with Crippen LogP contribution < -0.4 is 10.2 Å². The first kappa shape index (κ1) is 23.3. The Balaban J connectivity index is 1.19. The van der Waals surface area contributed by atoms with Crippen LogP contribution in [0.5, 0.6) is 0 Å². The van der Waals surface area contributed by atoms with Crippen LogP contribution in [0.15, 0.2) is 66.7 Å². The van der Waals surface area contributed by atoms with E-state index in [4.69, 9.17) is 16.6 Å². The maximum atomic E-state index is 13.2. The fourth-order valence-corrected chi connectivity index (χ4v) is 4.62. The predicted molar refractivity (Wildman–Crippen MR) is 139 cm³/mol. The lowest BCUT2D eigenvalue weighted by Crippen LogP contribution is -2.47. The van der Waals surface area contributed by atoms with Crippen molar-refractivity contribution in [2.24, 2.45) is 7.05 Å². The van der Waals surface area contributed by atoms with Gasteiger partial charge in [-0.05, 0) is 66.7 Å². The number of rotatable bonds is 6. The molecule has 4 aromatic rings. The highest BCUT2D eigenvalue weighted by Gasteiger charge is 2.18. The summed E-state index contributed by atoms with van der Waals surface area (Å²) in [4.78, 5) is 22.1. The number of piperazine rings is 1. The van der Waals surface area contributed by atoms with Crippen LogP contribution in [0, 0.1) is 5.82 Å². The molecule has 1 aliphatic rings. The lowest BCUT2D eigenvalue weighted by Gasteiger charge is -2.36. The molecule has 1 fully saturated rings. The first-order chi connectivity index (χ1) is 17.0. The molecule has 1 N–H and O–H groups in total. The van der Waals surface area contributed by atoms with Gasteiger partial charge in [0.1, 0.15) is 11.6 Å². The number of aromatic nitrogens is 2. The number of anilines is 2. The highest BCUT2D eigenvalue weighted by Crippen LogP contribution is 2.22. The molecule has 0 unspecified atom stereocenters. The fraction of sp³-hybridized carbons (Fsp3) is 0.259. The molecule has 0 bridgehead atoms. The van der Waals surface area contributed by atoms with Crippen molar-refractivity contribution in [3.63, 3.8) is 0 Å². The molecule has 0 spiro atoms. The number of halogens is 2. The summed E-state index contributed by atoms with van der Waals surface area (Å²) in [7, 11) is 2.03. The normalized spacial score (nSPS) is 14.4. The van der Waals surface area contributed by atoms with Gasteiger partial charge in [0, 0.05) is 68.2 Å². The minimum atomic E-state index is -0.203. The number of fused-ring (bicyclic) bond motifs is 1. The van der Waals surface area contributed by atoms with Gasteiger partial charge in [-0.15, -0.1) is 0 Å². The first-order valence-electron chi connectivity index (χ1n) is 11.7. The van der Waals surface area contributed by atoms with E-state index in [0.717, 1.165) is 61.7 Å². The Hall–Kier alpha value is -3.42. The topological polar surface area (TPSA) is 53.4 Å². The number of benzene rings is 3. The van der Waals surface area contributed by atoms with E-state index in [9.17, 15) is 9.18 Å². The van der Waals surface area contributed by atoms with Crippen molar-refractivity contribution < 1.29 is 9.18 Å². The van der Waals surface area contributed by atoms with Crippen molar-refractivity contribution in [1.29, 1.82) is 0 Å². The van der Waals surface area contributed by atoms with Crippen LogP contribution in [0.4, 0.5) is 15.8 Å². The van der Waals surface area contributed by atoms with Crippen molar-refractivity contribution >= 4 is 39.9 Å². The van der Waals surface area contributed by atoms with Gasteiger partial charge in [0.05, 0.1) is 11.0 Å². The molecule has 180 valence electrons. The van der Waals surface area contributed by atoms with E-state index in [1.54, 1.807) is 24.3 Å². The Morgan fingerprint density at radius 1 is 1.00 bits per heavy atom. The van der Waals surface area contributed by atoms with Crippen molar-refractivity contribution in [1.82, 2.24) is 14.5 Å². The zero-order valence-corrected chi connectivity index (χ0v) is 20.3. The van der Waals surface area contributed by atoms with Crippen molar-refractivity contribution in [2.75, 3.05) is 42.9 Å². The third kappa shape index (κ3) is 5.31. The van der Waals surface area contributed by atoms with Gasteiger partial charge in [0.2, 0.25) is 0 Å². The molecule has 35 heavy (non-hydrogen) atoms. The van der Waals surface area contributed by atoms with Gasteiger partial charge in [-0.1, -0.05) is 11.6 Å². The third-order valence-corrected chi connectivity index (χ3v) is 6.81. The monoisotopic (exact) mass is 491 g/mol. The van der Waals surface area contributed by atoms with E-state index >= 15 is 0 Å². The number of carbonyl (C=O) groups is 1. The van der Waals surface area contributed by atoms with Gasteiger partial charge in [0.25, 0.3) is 5.91 Å². The van der Waals surface area contributed by atoms with Gasteiger partial charge < -0.3 is 14.8 Å². The molecule has 1 amide bonds. The summed E-state index contributed by atoms with van der Waals surface area (Å²) in [6.07, 6.45) is 0.841. The van der Waals surface area contributed by atoms with Gasteiger partial charge in [-0.2, -0.15) is 0 Å². The van der Waals surface area contributed by atoms with E-state index in [0.29, 0.717) is 16.3 Å². The van der Waals surface area contributed by atoms with Crippen LogP contribution in [-0.4, -0.2) is 53.1 Å². The number of nitrogens with zero attached hydrogens (tertiary/aromatic N) is 4. The molecule has 1 aromatic heterocycles. The van der Waals surface area contributed by atoms with Crippen LogP contribution in [0.1, 0.15) is 16.2 Å². The number of amides is 1. The summed E-state index contributed by atoms with van der Waals surface area (Å²) in [5.74, 6) is 0.630. The van der Waals surface area contributed by atoms with E-state index in [1.807, 2.05) is 37.4 Å². The summed E-state index contributed by atoms with van der Waals surface area (Å²) in [6, 6.07) is 19.3. The maximum Gasteiger partial charge on any atom is 0.255 e. The molecular weight excluding hydrogens is 465 g/mol. The van der Waals surface area contributed by atoms with Gasteiger partial charge >= 0.3 is 0 Å². The van der Waals surface area contributed by atoms with Crippen LogP contribution in [0.2, 0.25) is 5.02 Å². The number of carbonyl (C=O) groups excluding carboxylic acids is 1. The van der Waals surface area contributed by atoms with E-state index in [-0.39, 0.29) is 11.7 Å². The fourth-order valence-electron chi connectivity index (χ4n) is 4.50. The molecule has 0 radical (unpaired) electrons. The summed E-state index contributed by atoms with van der Waals surface area (Å²) in [5.41, 5.74) is 4.22. The number of hydrogen-bond acceptors (Lipinski definition) is 4. The number of aryl methyl sites for hydroxylation is 1. The lowest BCUT2D eigenvalue weighted by atomic mass is 10.2. The highest BCUT2D eigenvalue weighted by atomic mass is 35.5. The number of nitrogens with one attached hydrogen (secondary N) is 1. The van der Waals surface area contributed by atoms with Crippen molar-refractivity contribution in [3.05, 3.63) is 89.0 Å². The zero-order valence-electron chi connectivity index (χ0n) is 19.5. The average molecular weight is 492 g/mol. The zero-order chi connectivity index (χ0) is 24.4. The molecule has 8 heteroatoms. The summed E-state index contributed by atoms with van der Waals surface area (Å²) >= 11 is 5.91. The van der Waals surface area contributed by atoms with E-state index < -0.39 is 0 Å². The Morgan fingerprint density at radius 3 is 2.43 bits per heavy atom. The largest absolute Gasteiger partial charge is 0.369 e. The second kappa shape index (κ2) is 10.1. The summed E-state index contributed by atoms with van der Waals surface area (Å²) < 4.78 is 15.3. The summed E-state index contributed by atoms with van der Waals surface area (Å²) in [5, 5.41) is 3.53. The van der Waals surface area contributed by atoms with Gasteiger partial charge in [-0.3, -0.25) is 9.69 Å². The lowest BCUT2D eigenvalue weighted by molar-refractivity contribution is 0.102. The van der Waals surface area contributed by atoms with Crippen LogP contribution in [-0.2, 0) is 13.5 Å². The minimum absolute atomic E-state index is 0.183. The smallest absolute Gasteiger partial charge is 0.255 e. The SMILES string of the molecule is Cn1c(CCN2CCN(c3ccc(F)cc3)CC2)nc2cc(NC(=O)c3ccc(Cl)cc3)ccc21. The second-order valence-electron chi connectivity index (χ2n) is 8.81. The van der Waals surface area contributed by atoms with E-state index in [1.165, 1.54) is 12.1 Å². The molecule has 6 nitrogen and oxygen atoms in total. The number of imidazole rings is 1. The van der Waals surface area contributed by atoms with Crippen LogP contribution in [0.25, 0.3) is 11.0 Å². The van der Waals surface area contributed by atoms with Gasteiger partial charge in [-0.25, -0.2) is 9.37 Å². The van der Waals surface area contributed by atoms with E-state index in [2.05, 4.69) is 19.7 Å². The quantitative estimate of drug-likeness (QED) is 0.413. The predicted octanol–water partition coefficient (Wildman–Crippen LogP) is 4.98. The first-order valence-corrected chi connectivity index (χ1v) is 12.1. The molecule has 3 aromatic carbocycles. The molecule has 0 atom stereocenters. The summed E-state index contributed by atoms with van der Waals surface area (Å²) in [6.45, 7) is 4.69. The molecule has 0 aliphatic carbocycles. The highest BCUT2D eigenvalue weighted by molar-refractivity contribution is 6.30.